The summed E-state index contributed by atoms with van der Waals surface area (Å²) in [5.41, 5.74) is 4.66. The van der Waals surface area contributed by atoms with Crippen LogP contribution in [0.1, 0.15) is 29.5 Å². The summed E-state index contributed by atoms with van der Waals surface area (Å²) in [7, 11) is 0. The lowest BCUT2D eigenvalue weighted by molar-refractivity contribution is -0.192. The molecule has 0 amide bonds. The van der Waals surface area contributed by atoms with E-state index in [9.17, 15) is 18.0 Å². The molecule has 3 rings (SSSR count). The van der Waals surface area contributed by atoms with E-state index in [0.29, 0.717) is 0 Å². The number of fused-ring (bicyclic) bond motifs is 1. The van der Waals surface area contributed by atoms with E-state index in [1.54, 1.807) is 0 Å². The van der Waals surface area contributed by atoms with Crippen molar-refractivity contribution in [3.05, 3.63) is 51.3 Å². The first kappa shape index (κ1) is 21.2. The van der Waals surface area contributed by atoms with E-state index >= 15 is 0 Å². The molecule has 28 heavy (non-hydrogen) atoms. The predicted octanol–water partition coefficient (Wildman–Crippen LogP) is 2.64. The van der Waals surface area contributed by atoms with Crippen LogP contribution in [-0.2, 0) is 24.3 Å². The summed E-state index contributed by atoms with van der Waals surface area (Å²) in [5.74, 6) is -1.82. The van der Waals surface area contributed by atoms with Crippen molar-refractivity contribution < 1.29 is 27.6 Å². The number of nitrogens with zero attached hydrogens (tertiary/aromatic N) is 1. The van der Waals surface area contributed by atoms with Gasteiger partial charge in [0.1, 0.15) is 5.76 Å². The molecule has 0 bridgehead atoms. The average Bonchev–Trinajstić information content (AvgIpc) is 3.16. The molecular weight excluding hydrogens is 381 g/mol. The normalized spacial score (nSPS) is 11.3. The van der Waals surface area contributed by atoms with Gasteiger partial charge < -0.3 is 24.9 Å². The highest BCUT2D eigenvalue weighted by molar-refractivity contribution is 5.75. The Morgan fingerprint density at radius 3 is 2.50 bits per heavy atom. The lowest BCUT2D eigenvalue weighted by Crippen LogP contribution is -2.21. The number of carboxylic acid groups (broad SMARTS) is 1. The van der Waals surface area contributed by atoms with Crippen LogP contribution in [0.25, 0.3) is 11.0 Å². The van der Waals surface area contributed by atoms with Crippen LogP contribution in [0.3, 0.4) is 0 Å². The topological polar surface area (TPSA) is 124 Å². The molecule has 0 saturated heterocycles. The second kappa shape index (κ2) is 8.74. The summed E-state index contributed by atoms with van der Waals surface area (Å²) in [6.45, 7) is 5.45. The quantitative estimate of drug-likeness (QED) is 0.522. The molecule has 0 atom stereocenters. The number of nitrogens with one attached hydrogen (secondary N) is 3. The van der Waals surface area contributed by atoms with Crippen molar-refractivity contribution in [1.82, 2.24) is 20.4 Å². The van der Waals surface area contributed by atoms with Crippen molar-refractivity contribution in [2.24, 2.45) is 0 Å². The number of hydrogen-bond acceptors (Lipinski definition) is 5. The van der Waals surface area contributed by atoms with Gasteiger partial charge in [-0.1, -0.05) is 18.1 Å². The molecule has 0 aliphatic rings. The molecule has 11 heteroatoms. The fraction of sp³-hybridized carbons (Fsp3) is 0.353. The van der Waals surface area contributed by atoms with Crippen LogP contribution in [0.4, 0.5) is 13.2 Å². The van der Waals surface area contributed by atoms with Crippen molar-refractivity contribution in [3.63, 3.8) is 0 Å². The van der Waals surface area contributed by atoms with Gasteiger partial charge in [0.2, 0.25) is 0 Å². The first-order chi connectivity index (χ1) is 13.1. The molecule has 2 aromatic heterocycles. The maximum absolute atomic E-state index is 11.2. The van der Waals surface area contributed by atoms with E-state index in [-0.39, 0.29) is 5.69 Å². The number of aliphatic carboxylic acids is 1. The molecule has 0 saturated carbocycles. The van der Waals surface area contributed by atoms with Crippen LogP contribution < -0.4 is 11.0 Å². The number of aryl methyl sites for hydroxylation is 2. The third kappa shape index (κ3) is 5.46. The van der Waals surface area contributed by atoms with Crippen LogP contribution in [0.2, 0.25) is 0 Å². The number of carbonyl (C=O) groups is 1. The third-order valence-electron chi connectivity index (χ3n) is 3.84. The summed E-state index contributed by atoms with van der Waals surface area (Å²) in [6, 6.07) is 5.88. The second-order valence-electron chi connectivity index (χ2n) is 5.89. The zero-order chi connectivity index (χ0) is 20.9. The molecule has 0 unspecified atom stereocenters. The van der Waals surface area contributed by atoms with Gasteiger partial charge in [-0.15, -0.1) is 0 Å². The van der Waals surface area contributed by atoms with Crippen LogP contribution in [0.5, 0.6) is 0 Å². The Kier molecular flexibility index (Phi) is 6.62. The molecule has 152 valence electrons. The van der Waals surface area contributed by atoms with E-state index in [2.05, 4.69) is 27.4 Å². The van der Waals surface area contributed by atoms with Gasteiger partial charge in [-0.05, 0) is 24.6 Å². The Morgan fingerprint density at radius 1 is 1.25 bits per heavy atom. The predicted molar refractivity (Wildman–Crippen MR) is 93.8 cm³/mol. The van der Waals surface area contributed by atoms with E-state index in [0.717, 1.165) is 53.1 Å². The number of hydrogen-bond donors (Lipinski definition) is 4. The number of halogens is 3. The third-order valence-corrected chi connectivity index (χ3v) is 3.84. The highest BCUT2D eigenvalue weighted by Crippen LogP contribution is 2.15. The monoisotopic (exact) mass is 400 g/mol. The maximum atomic E-state index is 11.2. The molecule has 2 heterocycles. The van der Waals surface area contributed by atoms with E-state index in [1.807, 2.05) is 25.1 Å². The summed E-state index contributed by atoms with van der Waals surface area (Å²) in [6.07, 6.45) is -4.24. The van der Waals surface area contributed by atoms with Gasteiger partial charge in [-0.3, -0.25) is 0 Å². The molecule has 4 N–H and O–H groups in total. The SMILES string of the molecule is CCc1onc(C)c1CNCc1ccc2[nH]c(=O)[nH]c2c1.O=C(O)C(F)(F)F. The Hall–Kier alpha value is -3.08. The van der Waals surface area contributed by atoms with Gasteiger partial charge in [0.15, 0.2) is 0 Å². The highest BCUT2D eigenvalue weighted by Gasteiger charge is 2.38. The lowest BCUT2D eigenvalue weighted by atomic mass is 10.1. The molecular formula is C17H19F3N4O4. The van der Waals surface area contributed by atoms with Crippen LogP contribution in [-0.4, -0.2) is 32.4 Å². The molecule has 8 nitrogen and oxygen atoms in total. The first-order valence-corrected chi connectivity index (χ1v) is 8.27. The zero-order valence-corrected chi connectivity index (χ0v) is 15.1. The summed E-state index contributed by atoms with van der Waals surface area (Å²) >= 11 is 0. The van der Waals surface area contributed by atoms with E-state index in [4.69, 9.17) is 14.4 Å². The van der Waals surface area contributed by atoms with Crippen molar-refractivity contribution in [3.8, 4) is 0 Å². The number of aromatic nitrogens is 3. The fourth-order valence-electron chi connectivity index (χ4n) is 2.46. The standard InChI is InChI=1S/C15H18N4O2.C2HF3O2/c1-3-14-11(9(2)19-21-14)8-16-7-10-4-5-12-13(6-10)18-15(20)17-12;3-2(4,5)1(6)7/h4-6,16H,3,7-8H2,1-2H3,(H2,17,18,20);(H,6,7). The van der Waals surface area contributed by atoms with Gasteiger partial charge in [0.05, 0.1) is 16.7 Å². The van der Waals surface area contributed by atoms with Gasteiger partial charge in [0, 0.05) is 25.1 Å². The van der Waals surface area contributed by atoms with E-state index in [1.165, 1.54) is 0 Å². The van der Waals surface area contributed by atoms with E-state index < -0.39 is 12.1 Å². The number of imidazole rings is 1. The minimum Gasteiger partial charge on any atom is -0.475 e. The number of aromatic amines is 2. The number of alkyl halides is 3. The fourth-order valence-corrected chi connectivity index (χ4v) is 2.46. The van der Waals surface area contributed by atoms with Crippen LogP contribution in [0, 0.1) is 6.92 Å². The molecule has 0 aliphatic carbocycles. The Balaban J connectivity index is 0.000000345. The molecule has 0 spiro atoms. The smallest absolute Gasteiger partial charge is 0.475 e. The first-order valence-electron chi connectivity index (χ1n) is 8.27. The largest absolute Gasteiger partial charge is 0.490 e. The van der Waals surface area contributed by atoms with Crippen LogP contribution in [0.15, 0.2) is 27.5 Å². The van der Waals surface area contributed by atoms with Gasteiger partial charge in [-0.2, -0.15) is 13.2 Å². The van der Waals surface area contributed by atoms with Crippen LogP contribution >= 0.6 is 0 Å². The summed E-state index contributed by atoms with van der Waals surface area (Å²) in [5, 5.41) is 14.5. The second-order valence-corrected chi connectivity index (χ2v) is 5.89. The summed E-state index contributed by atoms with van der Waals surface area (Å²) < 4.78 is 37.0. The van der Waals surface area contributed by atoms with Gasteiger partial charge in [0.25, 0.3) is 0 Å². The Morgan fingerprint density at radius 2 is 1.89 bits per heavy atom. The maximum Gasteiger partial charge on any atom is 0.490 e. The Labute approximate surface area is 156 Å². The molecule has 0 radical (unpaired) electrons. The zero-order valence-electron chi connectivity index (χ0n) is 15.1. The number of carboxylic acids is 1. The molecule has 3 aromatic rings. The summed E-state index contributed by atoms with van der Waals surface area (Å²) in [4.78, 5) is 25.6. The highest BCUT2D eigenvalue weighted by atomic mass is 19.4. The van der Waals surface area contributed by atoms with Crippen molar-refractivity contribution in [1.29, 1.82) is 0 Å². The van der Waals surface area contributed by atoms with Gasteiger partial charge in [-0.25, -0.2) is 9.59 Å². The van der Waals surface area contributed by atoms with Crippen molar-refractivity contribution in [2.75, 3.05) is 0 Å². The molecule has 0 aliphatic heterocycles. The minimum absolute atomic E-state index is 0.178. The minimum atomic E-state index is -5.08. The van der Waals surface area contributed by atoms with Crippen molar-refractivity contribution in [2.45, 2.75) is 39.5 Å². The lowest BCUT2D eigenvalue weighted by Gasteiger charge is -2.05. The van der Waals surface area contributed by atoms with Gasteiger partial charge >= 0.3 is 17.8 Å². The molecule has 1 aromatic carbocycles. The average molecular weight is 400 g/mol. The molecule has 0 fully saturated rings. The number of benzene rings is 1. The number of H-pyrrole nitrogens is 2. The van der Waals surface area contributed by atoms with Crippen molar-refractivity contribution >= 4 is 17.0 Å². The Bertz CT molecular complexity index is 1000. The number of rotatable bonds is 5.